The molecule has 0 saturated carbocycles. The van der Waals surface area contributed by atoms with Crippen molar-refractivity contribution in [1.29, 1.82) is 0 Å². The van der Waals surface area contributed by atoms with E-state index < -0.39 is 6.10 Å². The lowest BCUT2D eigenvalue weighted by atomic mass is 10.2. The molecule has 158 valence electrons. The van der Waals surface area contributed by atoms with Crippen LogP contribution in [-0.4, -0.2) is 20.3 Å². The summed E-state index contributed by atoms with van der Waals surface area (Å²) in [5.41, 5.74) is 4.57. The second-order valence-electron chi connectivity index (χ2n) is 8.23. The van der Waals surface area contributed by atoms with E-state index >= 15 is 0 Å². The number of nitrogens with zero attached hydrogens (tertiary/aromatic N) is 2. The van der Waals surface area contributed by atoms with E-state index in [-0.39, 0.29) is 0 Å². The highest BCUT2D eigenvalue weighted by Gasteiger charge is 2.17. The number of hydrogen-bond donors (Lipinski definition) is 1. The molecular formula is C27H20Br2N2O. The SMILES string of the molecule is OC(Cn1c2ccccc2c2ccccc21)Cn1c2ccc(Br)cc2c2cc(Br)ccc21. The fourth-order valence-corrected chi connectivity index (χ4v) is 5.65. The van der Waals surface area contributed by atoms with Crippen molar-refractivity contribution in [2.24, 2.45) is 0 Å². The Hall–Kier alpha value is -2.60. The minimum atomic E-state index is -0.541. The van der Waals surface area contributed by atoms with E-state index in [9.17, 15) is 5.11 Å². The number of aliphatic hydroxyl groups is 1. The quantitative estimate of drug-likeness (QED) is 0.243. The van der Waals surface area contributed by atoms with E-state index in [0.717, 1.165) is 31.0 Å². The van der Waals surface area contributed by atoms with Crippen LogP contribution in [0, 0.1) is 0 Å². The van der Waals surface area contributed by atoms with Crippen molar-refractivity contribution >= 4 is 75.5 Å². The minimum absolute atomic E-state index is 0.518. The highest BCUT2D eigenvalue weighted by atomic mass is 79.9. The topological polar surface area (TPSA) is 30.1 Å². The summed E-state index contributed by atoms with van der Waals surface area (Å²) < 4.78 is 6.59. The summed E-state index contributed by atoms with van der Waals surface area (Å²) in [5, 5.41) is 16.1. The first kappa shape index (κ1) is 20.0. The summed E-state index contributed by atoms with van der Waals surface area (Å²) in [6.45, 7) is 1.05. The number of halogens is 2. The highest BCUT2D eigenvalue weighted by molar-refractivity contribution is 9.10. The van der Waals surface area contributed by atoms with Gasteiger partial charge in [-0.25, -0.2) is 0 Å². The van der Waals surface area contributed by atoms with Gasteiger partial charge in [0.25, 0.3) is 0 Å². The Balaban J connectivity index is 1.45. The maximum atomic E-state index is 11.3. The zero-order chi connectivity index (χ0) is 21.8. The molecule has 0 fully saturated rings. The molecule has 4 aromatic carbocycles. The summed E-state index contributed by atoms with van der Waals surface area (Å²) in [7, 11) is 0. The molecule has 0 aliphatic heterocycles. The molecule has 0 radical (unpaired) electrons. The third kappa shape index (κ3) is 3.19. The van der Waals surface area contributed by atoms with Gasteiger partial charge in [-0.2, -0.15) is 0 Å². The van der Waals surface area contributed by atoms with Crippen molar-refractivity contribution in [3.05, 3.63) is 93.9 Å². The molecule has 32 heavy (non-hydrogen) atoms. The second-order valence-corrected chi connectivity index (χ2v) is 10.1. The first-order valence-electron chi connectivity index (χ1n) is 10.6. The van der Waals surface area contributed by atoms with Crippen LogP contribution < -0.4 is 0 Å². The molecule has 6 rings (SSSR count). The Morgan fingerprint density at radius 3 is 1.44 bits per heavy atom. The molecule has 2 heterocycles. The highest BCUT2D eigenvalue weighted by Crippen LogP contribution is 2.34. The first-order chi connectivity index (χ1) is 15.6. The number of fused-ring (bicyclic) bond motifs is 6. The van der Waals surface area contributed by atoms with Gasteiger partial charge >= 0.3 is 0 Å². The van der Waals surface area contributed by atoms with Crippen molar-refractivity contribution in [3.63, 3.8) is 0 Å². The van der Waals surface area contributed by atoms with Crippen LogP contribution in [0.15, 0.2) is 93.9 Å². The summed E-state index contributed by atoms with van der Waals surface area (Å²) in [4.78, 5) is 0. The van der Waals surface area contributed by atoms with Gasteiger partial charge < -0.3 is 14.2 Å². The number of aromatic nitrogens is 2. The number of benzene rings is 4. The molecule has 0 aliphatic rings. The lowest BCUT2D eigenvalue weighted by Crippen LogP contribution is -2.22. The monoisotopic (exact) mass is 546 g/mol. The van der Waals surface area contributed by atoms with Crippen LogP contribution in [0.25, 0.3) is 43.6 Å². The first-order valence-corrected chi connectivity index (χ1v) is 12.2. The molecule has 6 aromatic rings. The van der Waals surface area contributed by atoms with E-state index in [1.807, 2.05) is 0 Å². The van der Waals surface area contributed by atoms with Crippen LogP contribution in [0.2, 0.25) is 0 Å². The van der Waals surface area contributed by atoms with Crippen molar-refractivity contribution in [1.82, 2.24) is 9.13 Å². The third-order valence-corrected chi connectivity index (χ3v) is 7.24. The van der Waals surface area contributed by atoms with Gasteiger partial charge in [0.2, 0.25) is 0 Å². The van der Waals surface area contributed by atoms with Gasteiger partial charge in [0.1, 0.15) is 0 Å². The molecule has 1 N–H and O–H groups in total. The van der Waals surface area contributed by atoms with Crippen LogP contribution in [0.5, 0.6) is 0 Å². The van der Waals surface area contributed by atoms with Crippen molar-refractivity contribution in [3.8, 4) is 0 Å². The predicted octanol–water partition coefficient (Wildman–Crippen LogP) is 7.49. The van der Waals surface area contributed by atoms with Gasteiger partial charge in [-0.05, 0) is 48.5 Å². The maximum Gasteiger partial charge on any atom is 0.0898 e. The fraction of sp³-hybridized carbons (Fsp3) is 0.111. The van der Waals surface area contributed by atoms with E-state index in [4.69, 9.17) is 0 Å². The summed E-state index contributed by atoms with van der Waals surface area (Å²) in [6, 6.07) is 29.5. The van der Waals surface area contributed by atoms with Gasteiger partial charge in [-0.1, -0.05) is 68.3 Å². The Kier molecular flexibility index (Phi) is 4.86. The second kappa shape index (κ2) is 7.77. The number of para-hydroxylation sites is 2. The molecule has 0 bridgehead atoms. The Labute approximate surface area is 202 Å². The molecule has 3 nitrogen and oxygen atoms in total. The molecule has 5 heteroatoms. The average molecular weight is 548 g/mol. The van der Waals surface area contributed by atoms with Gasteiger partial charge in [-0.15, -0.1) is 0 Å². The maximum absolute atomic E-state index is 11.3. The normalized spacial score (nSPS) is 13.0. The summed E-state index contributed by atoms with van der Waals surface area (Å²) in [6.07, 6.45) is -0.541. The fourth-order valence-electron chi connectivity index (χ4n) is 4.92. The van der Waals surface area contributed by atoms with Crippen molar-refractivity contribution < 1.29 is 5.11 Å². The van der Waals surface area contributed by atoms with Crippen molar-refractivity contribution in [2.45, 2.75) is 19.2 Å². The molecule has 0 aliphatic carbocycles. The largest absolute Gasteiger partial charge is 0.389 e. The Morgan fingerprint density at radius 1 is 0.562 bits per heavy atom. The van der Waals surface area contributed by atoms with Gasteiger partial charge in [0.05, 0.1) is 19.2 Å². The van der Waals surface area contributed by atoms with Crippen molar-refractivity contribution in [2.75, 3.05) is 0 Å². The molecule has 0 spiro atoms. The van der Waals surface area contributed by atoms with Gasteiger partial charge in [-0.3, -0.25) is 0 Å². The number of aliphatic hydroxyl groups excluding tert-OH is 1. The molecule has 0 amide bonds. The lowest BCUT2D eigenvalue weighted by molar-refractivity contribution is 0.140. The van der Waals surface area contributed by atoms with Crippen LogP contribution in [0.1, 0.15) is 0 Å². The number of hydrogen-bond acceptors (Lipinski definition) is 1. The summed E-state index contributed by atoms with van der Waals surface area (Å²) >= 11 is 7.22. The summed E-state index contributed by atoms with van der Waals surface area (Å²) in [5.74, 6) is 0. The zero-order valence-electron chi connectivity index (χ0n) is 17.2. The van der Waals surface area contributed by atoms with Gasteiger partial charge in [0, 0.05) is 52.6 Å². The van der Waals surface area contributed by atoms with E-state index in [2.05, 4.69) is 126 Å². The molecule has 1 atom stereocenters. The number of rotatable bonds is 4. The van der Waals surface area contributed by atoms with E-state index in [0.29, 0.717) is 13.1 Å². The molecular weight excluding hydrogens is 528 g/mol. The molecule has 1 unspecified atom stereocenters. The standard InChI is InChI=1S/C27H20Br2N2O/c28-17-9-11-26-22(13-17)23-14-18(29)10-12-27(23)31(26)16-19(32)15-30-24-7-3-1-5-20(24)21-6-2-4-8-25(21)30/h1-14,19,32H,15-16H2. The van der Waals surface area contributed by atoms with Crippen LogP contribution in [0.3, 0.4) is 0 Å². The smallest absolute Gasteiger partial charge is 0.0898 e. The Morgan fingerprint density at radius 2 is 0.969 bits per heavy atom. The molecule has 0 saturated heterocycles. The zero-order valence-corrected chi connectivity index (χ0v) is 20.3. The van der Waals surface area contributed by atoms with Crippen LogP contribution >= 0.6 is 31.9 Å². The van der Waals surface area contributed by atoms with Crippen LogP contribution in [0.4, 0.5) is 0 Å². The average Bonchev–Trinajstić information content (AvgIpc) is 3.27. The predicted molar refractivity (Wildman–Crippen MR) is 140 cm³/mol. The Bertz CT molecular complexity index is 1520. The molecule has 2 aromatic heterocycles. The minimum Gasteiger partial charge on any atom is -0.389 e. The third-order valence-electron chi connectivity index (χ3n) is 6.26. The van der Waals surface area contributed by atoms with Gasteiger partial charge in [0.15, 0.2) is 0 Å². The van der Waals surface area contributed by atoms with Crippen LogP contribution in [-0.2, 0) is 13.1 Å². The van der Waals surface area contributed by atoms with E-state index in [1.54, 1.807) is 0 Å². The van der Waals surface area contributed by atoms with E-state index in [1.165, 1.54) is 21.5 Å². The lowest BCUT2D eigenvalue weighted by Gasteiger charge is -2.16.